The summed E-state index contributed by atoms with van der Waals surface area (Å²) >= 11 is 0. The lowest BCUT2D eigenvalue weighted by Gasteiger charge is -2.11. The minimum atomic E-state index is -0.461. The number of hydroxylamine groups is 1. The number of benzene rings is 1. The molecule has 0 fully saturated rings. The third-order valence-electron chi connectivity index (χ3n) is 2.96. The second-order valence-electron chi connectivity index (χ2n) is 4.35. The third kappa shape index (κ3) is 3.27. The van der Waals surface area contributed by atoms with E-state index in [4.69, 9.17) is 14.8 Å². The van der Waals surface area contributed by atoms with Crippen molar-refractivity contribution in [3.05, 3.63) is 47.8 Å². The fourth-order valence-corrected chi connectivity index (χ4v) is 2.03. The Balaban J connectivity index is 2.36. The van der Waals surface area contributed by atoms with Crippen molar-refractivity contribution < 1.29 is 14.4 Å². The Hall–Kier alpha value is -2.78. The normalized spacial score (nSPS) is 10.0. The van der Waals surface area contributed by atoms with Crippen LogP contribution in [0.25, 0.3) is 5.69 Å². The van der Waals surface area contributed by atoms with Crippen LogP contribution in [0.3, 0.4) is 0 Å². The Bertz CT molecular complexity index is 684. The lowest BCUT2D eigenvalue weighted by Crippen LogP contribution is -2.26. The van der Waals surface area contributed by atoms with Gasteiger partial charge in [-0.1, -0.05) is 0 Å². The van der Waals surface area contributed by atoms with Crippen molar-refractivity contribution in [2.45, 2.75) is 13.8 Å². The van der Waals surface area contributed by atoms with Crippen LogP contribution < -0.4 is 10.2 Å². The van der Waals surface area contributed by atoms with Gasteiger partial charge in [0.2, 0.25) is 0 Å². The van der Waals surface area contributed by atoms with Crippen LogP contribution in [0.5, 0.6) is 5.75 Å². The van der Waals surface area contributed by atoms with Gasteiger partial charge in [0.1, 0.15) is 17.5 Å². The van der Waals surface area contributed by atoms with Crippen molar-refractivity contribution >= 4 is 5.91 Å². The second kappa shape index (κ2) is 7.29. The number of hydrogen-bond donors (Lipinski definition) is 1. The standard InChI is InChI=1S/C16H17N3O3/c1-3-21-14-7-5-13(6-8-14)19-10-9-12(11-17)15(19)16(20)18-22-4-2/h5-10H,3-4H2,1-2H3,(H,18,20). The van der Waals surface area contributed by atoms with Gasteiger partial charge < -0.3 is 9.30 Å². The highest BCUT2D eigenvalue weighted by atomic mass is 16.6. The zero-order valence-electron chi connectivity index (χ0n) is 12.5. The average molecular weight is 299 g/mol. The largest absolute Gasteiger partial charge is 0.494 e. The number of carbonyl (C=O) groups is 1. The van der Waals surface area contributed by atoms with Crippen LogP contribution in [0.1, 0.15) is 29.9 Å². The van der Waals surface area contributed by atoms with Gasteiger partial charge in [-0.2, -0.15) is 5.26 Å². The van der Waals surface area contributed by atoms with Crippen molar-refractivity contribution in [2.75, 3.05) is 13.2 Å². The van der Waals surface area contributed by atoms with E-state index in [1.807, 2.05) is 37.3 Å². The molecule has 1 aromatic carbocycles. The van der Waals surface area contributed by atoms with Gasteiger partial charge in [0.15, 0.2) is 0 Å². The quantitative estimate of drug-likeness (QED) is 0.831. The van der Waals surface area contributed by atoms with Crippen LogP contribution in [0, 0.1) is 11.3 Å². The third-order valence-corrected chi connectivity index (χ3v) is 2.96. The topological polar surface area (TPSA) is 76.3 Å². The van der Waals surface area contributed by atoms with Crippen LogP contribution in [0.15, 0.2) is 36.5 Å². The maximum Gasteiger partial charge on any atom is 0.293 e. The first-order valence-corrected chi connectivity index (χ1v) is 6.98. The monoisotopic (exact) mass is 299 g/mol. The molecule has 6 nitrogen and oxygen atoms in total. The molecule has 1 aromatic heterocycles. The Morgan fingerprint density at radius 2 is 1.95 bits per heavy atom. The van der Waals surface area contributed by atoms with E-state index in [1.165, 1.54) is 0 Å². The average Bonchev–Trinajstić information content (AvgIpc) is 2.97. The van der Waals surface area contributed by atoms with E-state index in [-0.39, 0.29) is 11.3 Å². The number of aromatic nitrogens is 1. The number of ether oxygens (including phenoxy) is 1. The summed E-state index contributed by atoms with van der Waals surface area (Å²) < 4.78 is 7.03. The van der Waals surface area contributed by atoms with Gasteiger partial charge in [-0.15, -0.1) is 0 Å². The molecule has 0 bridgehead atoms. The zero-order chi connectivity index (χ0) is 15.9. The lowest BCUT2D eigenvalue weighted by molar-refractivity contribution is 0.0358. The smallest absolute Gasteiger partial charge is 0.293 e. The fourth-order valence-electron chi connectivity index (χ4n) is 2.03. The summed E-state index contributed by atoms with van der Waals surface area (Å²) in [6.07, 6.45) is 1.68. The number of nitrogens with one attached hydrogen (secondary N) is 1. The Morgan fingerprint density at radius 3 is 2.55 bits per heavy atom. The molecule has 114 valence electrons. The van der Waals surface area contributed by atoms with E-state index >= 15 is 0 Å². The van der Waals surface area contributed by atoms with E-state index in [2.05, 4.69) is 5.48 Å². The molecule has 1 N–H and O–H groups in total. The predicted octanol–water partition coefficient (Wildman–Crippen LogP) is 2.43. The molecule has 2 aromatic rings. The van der Waals surface area contributed by atoms with Gasteiger partial charge in [0, 0.05) is 11.9 Å². The van der Waals surface area contributed by atoms with Gasteiger partial charge in [-0.25, -0.2) is 5.48 Å². The summed E-state index contributed by atoms with van der Waals surface area (Å²) in [6.45, 7) is 4.60. The predicted molar refractivity (Wildman–Crippen MR) is 80.7 cm³/mol. The van der Waals surface area contributed by atoms with Crippen molar-refractivity contribution in [3.8, 4) is 17.5 Å². The number of rotatable bonds is 6. The highest BCUT2D eigenvalue weighted by Crippen LogP contribution is 2.20. The highest BCUT2D eigenvalue weighted by molar-refractivity contribution is 5.95. The van der Waals surface area contributed by atoms with Gasteiger partial charge in [-0.05, 0) is 44.2 Å². The van der Waals surface area contributed by atoms with Crippen LogP contribution in [0.4, 0.5) is 0 Å². The van der Waals surface area contributed by atoms with E-state index in [1.54, 1.807) is 23.8 Å². The molecule has 0 saturated carbocycles. The first-order chi connectivity index (χ1) is 10.7. The molecule has 0 aliphatic carbocycles. The molecule has 0 radical (unpaired) electrons. The minimum Gasteiger partial charge on any atom is -0.494 e. The van der Waals surface area contributed by atoms with Crippen molar-refractivity contribution in [1.29, 1.82) is 5.26 Å². The number of nitriles is 1. The van der Waals surface area contributed by atoms with E-state index < -0.39 is 5.91 Å². The molecule has 0 unspecified atom stereocenters. The maximum absolute atomic E-state index is 12.2. The molecule has 0 saturated heterocycles. The summed E-state index contributed by atoms with van der Waals surface area (Å²) in [5.74, 6) is 0.288. The molecule has 0 spiro atoms. The molecule has 6 heteroatoms. The number of carbonyl (C=O) groups excluding carboxylic acids is 1. The van der Waals surface area contributed by atoms with Crippen LogP contribution in [0.2, 0.25) is 0 Å². The van der Waals surface area contributed by atoms with Gasteiger partial charge >= 0.3 is 0 Å². The maximum atomic E-state index is 12.2. The minimum absolute atomic E-state index is 0.236. The SMILES string of the molecule is CCONC(=O)c1c(C#N)ccn1-c1ccc(OCC)cc1. The first-order valence-electron chi connectivity index (χ1n) is 6.98. The zero-order valence-corrected chi connectivity index (χ0v) is 12.5. The summed E-state index contributed by atoms with van der Waals surface area (Å²) in [7, 11) is 0. The summed E-state index contributed by atoms with van der Waals surface area (Å²) in [5, 5.41) is 9.16. The fraction of sp³-hybridized carbons (Fsp3) is 0.250. The number of hydrogen-bond acceptors (Lipinski definition) is 4. The van der Waals surface area contributed by atoms with Crippen molar-refractivity contribution in [1.82, 2.24) is 10.0 Å². The number of nitrogens with zero attached hydrogens (tertiary/aromatic N) is 2. The Morgan fingerprint density at radius 1 is 1.23 bits per heavy atom. The molecule has 22 heavy (non-hydrogen) atoms. The molecule has 1 amide bonds. The summed E-state index contributed by atoms with van der Waals surface area (Å²) in [4.78, 5) is 17.1. The molecule has 1 heterocycles. The number of amides is 1. The van der Waals surface area contributed by atoms with Crippen molar-refractivity contribution in [3.63, 3.8) is 0 Å². The Kier molecular flexibility index (Phi) is 5.17. The molecule has 0 aliphatic heterocycles. The lowest BCUT2D eigenvalue weighted by atomic mass is 10.2. The molecular formula is C16H17N3O3. The van der Waals surface area contributed by atoms with Crippen LogP contribution in [-0.2, 0) is 4.84 Å². The molecule has 2 rings (SSSR count). The van der Waals surface area contributed by atoms with E-state index in [9.17, 15) is 4.79 Å². The Labute approximate surface area is 128 Å². The second-order valence-corrected chi connectivity index (χ2v) is 4.35. The van der Waals surface area contributed by atoms with E-state index in [0.29, 0.717) is 13.2 Å². The van der Waals surface area contributed by atoms with Crippen molar-refractivity contribution in [2.24, 2.45) is 0 Å². The summed E-state index contributed by atoms with van der Waals surface area (Å²) in [5.41, 5.74) is 3.59. The molecule has 0 aliphatic rings. The van der Waals surface area contributed by atoms with Crippen LogP contribution >= 0.6 is 0 Å². The van der Waals surface area contributed by atoms with Gasteiger partial charge in [0.25, 0.3) is 5.91 Å². The van der Waals surface area contributed by atoms with Crippen LogP contribution in [-0.4, -0.2) is 23.7 Å². The summed E-state index contributed by atoms with van der Waals surface area (Å²) in [6, 6.07) is 10.9. The van der Waals surface area contributed by atoms with Gasteiger partial charge in [-0.3, -0.25) is 9.63 Å². The first kappa shape index (κ1) is 15.6. The molecular weight excluding hydrogens is 282 g/mol. The van der Waals surface area contributed by atoms with E-state index in [0.717, 1.165) is 11.4 Å². The highest BCUT2D eigenvalue weighted by Gasteiger charge is 2.18. The molecule has 0 atom stereocenters. The van der Waals surface area contributed by atoms with Gasteiger partial charge in [0.05, 0.1) is 18.8 Å².